The van der Waals surface area contributed by atoms with Gasteiger partial charge in [0.15, 0.2) is 0 Å². The number of hydrogen-bond acceptors (Lipinski definition) is 2. The lowest BCUT2D eigenvalue weighted by Gasteiger charge is -2.12. The van der Waals surface area contributed by atoms with E-state index in [0.717, 1.165) is 10.8 Å². The first kappa shape index (κ1) is 16.0. The second-order valence-electron chi connectivity index (χ2n) is 4.88. The van der Waals surface area contributed by atoms with Gasteiger partial charge in [-0.05, 0) is 23.6 Å². The maximum atomic E-state index is 9.46. The average Bonchev–Trinajstić information content (AvgIpc) is 2.58. The van der Waals surface area contributed by atoms with Crippen LogP contribution in [0.5, 0.6) is 5.75 Å². The van der Waals surface area contributed by atoms with Crippen molar-refractivity contribution in [2.75, 3.05) is 0 Å². The van der Waals surface area contributed by atoms with E-state index in [9.17, 15) is 5.26 Å². The quantitative estimate of drug-likeness (QED) is 0.516. The molecule has 3 aromatic carbocycles. The van der Waals surface area contributed by atoms with Gasteiger partial charge in [-0.25, -0.2) is 0 Å². The van der Waals surface area contributed by atoms with Gasteiger partial charge in [0, 0.05) is 16.0 Å². The van der Waals surface area contributed by atoms with Gasteiger partial charge < -0.3 is 4.74 Å². The number of nitriles is 1. The Morgan fingerprint density at radius 2 is 1.65 bits per heavy atom. The van der Waals surface area contributed by atoms with Crippen molar-refractivity contribution in [1.82, 2.24) is 0 Å². The minimum absolute atomic E-state index is 0.130. The van der Waals surface area contributed by atoms with Crippen molar-refractivity contribution >= 4 is 45.6 Å². The molecule has 114 valence electrons. The van der Waals surface area contributed by atoms with Crippen LogP contribution in [0.25, 0.3) is 10.8 Å². The van der Waals surface area contributed by atoms with E-state index in [1.54, 1.807) is 18.2 Å². The van der Waals surface area contributed by atoms with Crippen LogP contribution in [0, 0.1) is 11.3 Å². The van der Waals surface area contributed by atoms with E-state index >= 15 is 0 Å². The van der Waals surface area contributed by atoms with Gasteiger partial charge in [0.2, 0.25) is 0 Å². The van der Waals surface area contributed by atoms with Crippen LogP contribution < -0.4 is 4.74 Å². The van der Waals surface area contributed by atoms with Crippen LogP contribution in [-0.4, -0.2) is 0 Å². The summed E-state index contributed by atoms with van der Waals surface area (Å²) in [5.41, 5.74) is 1.08. The zero-order valence-electron chi connectivity index (χ0n) is 11.8. The Bertz CT molecular complexity index is 931. The van der Waals surface area contributed by atoms with Crippen molar-refractivity contribution in [1.29, 1.82) is 5.26 Å². The molecule has 0 aliphatic carbocycles. The van der Waals surface area contributed by atoms with Crippen LogP contribution in [0.3, 0.4) is 0 Å². The first-order valence-electron chi connectivity index (χ1n) is 6.79. The predicted octanol–water partition coefficient (Wildman–Crippen LogP) is 6.25. The number of ether oxygens (including phenoxy) is 1. The van der Waals surface area contributed by atoms with Crippen LogP contribution in [0.2, 0.25) is 15.1 Å². The van der Waals surface area contributed by atoms with Crippen LogP contribution >= 0.6 is 34.8 Å². The van der Waals surface area contributed by atoms with E-state index in [1.165, 1.54) is 0 Å². The van der Waals surface area contributed by atoms with Gasteiger partial charge in [0.1, 0.15) is 24.0 Å². The molecule has 3 rings (SSSR count). The topological polar surface area (TPSA) is 33.0 Å². The normalized spacial score (nSPS) is 10.5. The van der Waals surface area contributed by atoms with Gasteiger partial charge in [0.25, 0.3) is 0 Å². The van der Waals surface area contributed by atoms with Crippen LogP contribution in [0.15, 0.2) is 48.5 Å². The van der Waals surface area contributed by atoms with Gasteiger partial charge in [-0.15, -0.1) is 0 Å². The van der Waals surface area contributed by atoms with Gasteiger partial charge in [0.05, 0.1) is 10.0 Å². The van der Waals surface area contributed by atoms with E-state index in [4.69, 9.17) is 39.5 Å². The fourth-order valence-corrected chi connectivity index (χ4v) is 3.00. The molecular weight excluding hydrogens is 353 g/mol. The first-order valence-corrected chi connectivity index (χ1v) is 7.92. The summed E-state index contributed by atoms with van der Waals surface area (Å²) in [7, 11) is 0. The summed E-state index contributed by atoms with van der Waals surface area (Å²) < 4.78 is 5.79. The molecule has 0 atom stereocenters. The Labute approximate surface area is 148 Å². The lowest BCUT2D eigenvalue weighted by atomic mass is 10.0. The molecule has 0 bridgehead atoms. The molecular formula is C18H10Cl3NO. The number of rotatable bonds is 3. The minimum Gasteiger partial charge on any atom is -0.487 e. The third-order valence-electron chi connectivity index (χ3n) is 3.51. The monoisotopic (exact) mass is 361 g/mol. The number of hydrogen-bond donors (Lipinski definition) is 0. The van der Waals surface area contributed by atoms with Gasteiger partial charge in [-0.1, -0.05) is 65.1 Å². The molecule has 0 fully saturated rings. The molecule has 0 spiro atoms. The van der Waals surface area contributed by atoms with Crippen LogP contribution in [0.1, 0.15) is 11.1 Å². The Kier molecular flexibility index (Phi) is 4.63. The zero-order valence-corrected chi connectivity index (χ0v) is 14.1. The third-order valence-corrected chi connectivity index (χ3v) is 4.71. The van der Waals surface area contributed by atoms with Crippen molar-refractivity contribution in [2.24, 2.45) is 0 Å². The second kappa shape index (κ2) is 6.68. The van der Waals surface area contributed by atoms with Crippen LogP contribution in [0.4, 0.5) is 0 Å². The highest BCUT2D eigenvalue weighted by molar-refractivity contribution is 6.44. The summed E-state index contributed by atoms with van der Waals surface area (Å²) in [6.45, 7) is 0.130. The van der Waals surface area contributed by atoms with Crippen molar-refractivity contribution in [3.05, 3.63) is 74.7 Å². The highest BCUT2D eigenvalue weighted by Crippen LogP contribution is 2.33. The molecule has 0 radical (unpaired) electrons. The molecule has 3 aromatic rings. The maximum absolute atomic E-state index is 9.46. The highest BCUT2D eigenvalue weighted by atomic mass is 35.5. The average molecular weight is 363 g/mol. The Morgan fingerprint density at radius 3 is 2.43 bits per heavy atom. The molecule has 0 amide bonds. The van der Waals surface area contributed by atoms with Gasteiger partial charge in [-0.3, -0.25) is 0 Å². The molecule has 0 aromatic heterocycles. The van der Waals surface area contributed by atoms with E-state index in [1.807, 2.05) is 30.3 Å². The lowest BCUT2D eigenvalue weighted by Crippen LogP contribution is -2.00. The Balaban J connectivity index is 1.97. The Hall–Kier alpha value is -1.92. The number of fused-ring (bicyclic) bond motifs is 1. The molecule has 0 unspecified atom stereocenters. The highest BCUT2D eigenvalue weighted by Gasteiger charge is 2.13. The largest absolute Gasteiger partial charge is 0.487 e. The second-order valence-corrected chi connectivity index (χ2v) is 6.07. The van der Waals surface area contributed by atoms with Crippen molar-refractivity contribution < 1.29 is 4.74 Å². The predicted molar refractivity (Wildman–Crippen MR) is 94.5 cm³/mol. The lowest BCUT2D eigenvalue weighted by molar-refractivity contribution is 0.306. The summed E-state index contributed by atoms with van der Waals surface area (Å²) in [5.74, 6) is 0.485. The van der Waals surface area contributed by atoms with E-state index < -0.39 is 0 Å². The summed E-state index contributed by atoms with van der Waals surface area (Å²) in [5, 5.41) is 12.5. The van der Waals surface area contributed by atoms with Crippen molar-refractivity contribution in [2.45, 2.75) is 6.61 Å². The fourth-order valence-electron chi connectivity index (χ4n) is 2.34. The molecule has 0 aliphatic heterocycles. The van der Waals surface area contributed by atoms with E-state index in [0.29, 0.717) is 31.9 Å². The van der Waals surface area contributed by atoms with E-state index in [-0.39, 0.29) is 6.61 Å². The maximum Gasteiger partial charge on any atom is 0.138 e. The Morgan fingerprint density at radius 1 is 0.913 bits per heavy atom. The standard InChI is InChI=1S/C18H10Cl3NO/c19-15-6-7-16(20)18(21)14(15)10-23-17-8-5-11-3-1-2-4-12(11)13(17)9-22/h1-8H,10H2. The minimum atomic E-state index is 0.130. The van der Waals surface area contributed by atoms with E-state index in [2.05, 4.69) is 6.07 Å². The molecule has 0 heterocycles. The third kappa shape index (κ3) is 3.09. The van der Waals surface area contributed by atoms with Crippen molar-refractivity contribution in [3.8, 4) is 11.8 Å². The molecule has 0 N–H and O–H groups in total. The molecule has 0 aliphatic rings. The number of benzene rings is 3. The summed E-state index contributed by atoms with van der Waals surface area (Å²) in [4.78, 5) is 0. The summed E-state index contributed by atoms with van der Waals surface area (Å²) in [6.07, 6.45) is 0. The molecule has 0 saturated carbocycles. The molecule has 5 heteroatoms. The first-order chi connectivity index (χ1) is 11.1. The van der Waals surface area contributed by atoms with Crippen LogP contribution in [-0.2, 0) is 6.61 Å². The van der Waals surface area contributed by atoms with Gasteiger partial charge in [-0.2, -0.15) is 5.26 Å². The number of halogens is 3. The molecule has 23 heavy (non-hydrogen) atoms. The van der Waals surface area contributed by atoms with Gasteiger partial charge >= 0.3 is 0 Å². The van der Waals surface area contributed by atoms with Crippen molar-refractivity contribution in [3.63, 3.8) is 0 Å². The summed E-state index contributed by atoms with van der Waals surface area (Å²) in [6, 6.07) is 16.8. The SMILES string of the molecule is N#Cc1c(OCc2c(Cl)ccc(Cl)c2Cl)ccc2ccccc12. The zero-order chi connectivity index (χ0) is 16.4. The fraction of sp³-hybridized carbons (Fsp3) is 0.0556. The smallest absolute Gasteiger partial charge is 0.138 e. The summed E-state index contributed by atoms with van der Waals surface area (Å²) >= 11 is 18.3. The molecule has 0 saturated heterocycles. The number of nitrogens with zero attached hydrogens (tertiary/aromatic N) is 1. The molecule has 2 nitrogen and oxygen atoms in total.